The van der Waals surface area contributed by atoms with Gasteiger partial charge < -0.3 is 24.7 Å². The summed E-state index contributed by atoms with van der Waals surface area (Å²) in [7, 11) is -6.11. The lowest BCUT2D eigenvalue weighted by Crippen LogP contribution is -2.21. The molecule has 21 heavy (non-hydrogen) atoms. The maximum atomic E-state index is 11.6. The van der Waals surface area contributed by atoms with Crippen LogP contribution in [0.15, 0.2) is 11.1 Å². The fraction of sp³-hybridized carbons (Fsp3) is 0.444. The molecule has 0 saturated heterocycles. The van der Waals surface area contributed by atoms with Gasteiger partial charge in [-0.3, -0.25) is 14.0 Å². The Balaban J connectivity index is 2.06. The second-order valence-corrected chi connectivity index (χ2v) is 7.61. The van der Waals surface area contributed by atoms with Gasteiger partial charge >= 0.3 is 0 Å². The summed E-state index contributed by atoms with van der Waals surface area (Å²) < 4.78 is 23.6. The maximum absolute atomic E-state index is 11.6. The summed E-state index contributed by atoms with van der Waals surface area (Å²) >= 11 is 0. The molecule has 116 valence electrons. The third-order valence-corrected chi connectivity index (χ3v) is 5.02. The second-order valence-electron chi connectivity index (χ2n) is 4.24. The van der Waals surface area contributed by atoms with E-state index >= 15 is 0 Å². The molecule has 0 aliphatic carbocycles. The zero-order valence-electron chi connectivity index (χ0n) is 10.7. The number of hydrogen-bond donors (Lipinski definition) is 2. The Bertz CT molecular complexity index is 780. The molecule has 2 rings (SSSR count). The van der Waals surface area contributed by atoms with Gasteiger partial charge in [0.25, 0.3) is 5.56 Å². The van der Waals surface area contributed by atoms with E-state index in [0.29, 0.717) is 0 Å². The van der Waals surface area contributed by atoms with Crippen LogP contribution in [0.2, 0.25) is 0 Å². The number of nitrogens with zero attached hydrogens (tertiary/aromatic N) is 3. The van der Waals surface area contributed by atoms with Crippen molar-refractivity contribution in [3.8, 4) is 0 Å². The van der Waals surface area contributed by atoms with E-state index < -0.39 is 30.1 Å². The summed E-state index contributed by atoms with van der Waals surface area (Å²) in [5, 5.41) is 0. The highest BCUT2D eigenvalue weighted by Gasteiger charge is 2.10. The Morgan fingerprint density at radius 2 is 2.14 bits per heavy atom. The fourth-order valence-electron chi connectivity index (χ4n) is 1.65. The summed E-state index contributed by atoms with van der Waals surface area (Å²) in [6.07, 6.45) is 0.713. The summed E-state index contributed by atoms with van der Waals surface area (Å²) in [4.78, 5) is 42.6. The van der Waals surface area contributed by atoms with E-state index in [0.717, 1.165) is 0 Å². The first-order chi connectivity index (χ1) is 9.76. The molecule has 3 N–H and O–H groups in total. The quantitative estimate of drug-likeness (QED) is 0.540. The average molecular weight is 333 g/mol. The molecule has 10 nitrogen and oxygen atoms in total. The molecule has 0 radical (unpaired) electrons. The van der Waals surface area contributed by atoms with Crippen LogP contribution in [0.25, 0.3) is 11.2 Å². The van der Waals surface area contributed by atoms with Crippen LogP contribution >= 0.6 is 7.60 Å². The van der Waals surface area contributed by atoms with E-state index in [1.165, 1.54) is 10.9 Å². The Morgan fingerprint density at radius 3 is 2.81 bits per heavy atom. The predicted molar refractivity (Wildman–Crippen MR) is 72.9 cm³/mol. The first kappa shape index (κ1) is 15.8. The number of rotatable bonds is 6. The Morgan fingerprint density at radius 1 is 1.43 bits per heavy atom. The summed E-state index contributed by atoms with van der Waals surface area (Å²) in [6, 6.07) is 0. The molecule has 0 fully saturated rings. The summed E-state index contributed by atoms with van der Waals surface area (Å²) in [5.41, 5.74) is 5.33. The van der Waals surface area contributed by atoms with Gasteiger partial charge in [0.1, 0.15) is 0 Å². The third kappa shape index (κ3) is 4.21. The number of anilines is 1. The van der Waals surface area contributed by atoms with E-state index in [1.54, 1.807) is 0 Å². The van der Waals surface area contributed by atoms with Crippen molar-refractivity contribution in [1.29, 1.82) is 0 Å². The van der Waals surface area contributed by atoms with Crippen molar-refractivity contribution < 1.29 is 18.6 Å². The van der Waals surface area contributed by atoms with E-state index in [2.05, 4.69) is 15.0 Å². The average Bonchev–Trinajstić information content (AvgIpc) is 2.76. The van der Waals surface area contributed by atoms with Crippen molar-refractivity contribution in [2.75, 3.05) is 23.4 Å². The molecule has 0 bridgehead atoms. The van der Waals surface area contributed by atoms with Gasteiger partial charge in [-0.15, -0.1) is 0 Å². The molecule has 0 saturated carbocycles. The number of imidazole rings is 1. The van der Waals surface area contributed by atoms with Crippen molar-refractivity contribution in [3.63, 3.8) is 0 Å². The van der Waals surface area contributed by atoms with Crippen LogP contribution in [0, 0.1) is 0 Å². The second kappa shape index (κ2) is 6.06. The highest BCUT2D eigenvalue weighted by molar-refractivity contribution is 7.85. The number of H-pyrrole nitrogens is 1. The minimum Gasteiger partial charge on any atom is -0.811 e. The lowest BCUT2D eigenvalue weighted by Gasteiger charge is -2.28. The maximum Gasteiger partial charge on any atom is 0.280 e. The number of aryl methyl sites for hydroxylation is 1. The minimum absolute atomic E-state index is 0.0611. The van der Waals surface area contributed by atoms with Crippen LogP contribution < -0.4 is 21.1 Å². The molecule has 0 aliphatic heterocycles. The fourth-order valence-corrected chi connectivity index (χ4v) is 3.96. The van der Waals surface area contributed by atoms with Crippen molar-refractivity contribution >= 4 is 35.5 Å². The molecule has 1 atom stereocenters. The topological polar surface area (TPSA) is 170 Å². The molecule has 0 amide bonds. The molecular formula is C9H12N5O5PS-2. The Hall–Kier alpha value is -1.55. The van der Waals surface area contributed by atoms with Gasteiger partial charge in [0, 0.05) is 28.9 Å². The van der Waals surface area contributed by atoms with Crippen LogP contribution in [0.1, 0.15) is 0 Å². The van der Waals surface area contributed by atoms with Crippen molar-refractivity contribution in [1.82, 2.24) is 19.5 Å². The summed E-state index contributed by atoms with van der Waals surface area (Å²) in [6.45, 7) is 0.209. The monoisotopic (exact) mass is 333 g/mol. The number of nitrogens with two attached hydrogens (primary N) is 1. The first-order valence-electron chi connectivity index (χ1n) is 5.83. The Labute approximate surface area is 121 Å². The SMILES string of the molecule is Nc1nc2c(ncn2CCS(=O)CCP(=O)([O-])[O-])c(=O)[nH]1. The number of nitrogens with one attached hydrogen (secondary N) is 1. The van der Waals surface area contributed by atoms with Crippen LogP contribution in [-0.2, 0) is 21.9 Å². The number of hydrogen-bond acceptors (Lipinski definition) is 8. The summed E-state index contributed by atoms with van der Waals surface area (Å²) in [5.74, 6) is -0.165. The molecule has 0 spiro atoms. The smallest absolute Gasteiger partial charge is 0.280 e. The molecule has 2 heterocycles. The van der Waals surface area contributed by atoms with Gasteiger partial charge in [-0.2, -0.15) is 4.98 Å². The zero-order chi connectivity index (χ0) is 15.6. The van der Waals surface area contributed by atoms with Gasteiger partial charge in [-0.05, 0) is 6.16 Å². The zero-order valence-corrected chi connectivity index (χ0v) is 12.4. The molecule has 2 aromatic rings. The third-order valence-electron chi connectivity index (χ3n) is 2.65. The van der Waals surface area contributed by atoms with Crippen LogP contribution in [0.5, 0.6) is 0 Å². The molecule has 0 aliphatic rings. The molecule has 2 aromatic heterocycles. The van der Waals surface area contributed by atoms with Crippen LogP contribution in [0.3, 0.4) is 0 Å². The lowest BCUT2D eigenvalue weighted by atomic mass is 10.5. The van der Waals surface area contributed by atoms with Gasteiger partial charge in [0.15, 0.2) is 11.2 Å². The highest BCUT2D eigenvalue weighted by atomic mass is 32.2. The number of aromatic nitrogens is 4. The first-order valence-corrected chi connectivity index (χ1v) is 9.04. The van der Waals surface area contributed by atoms with Gasteiger partial charge in [-0.1, -0.05) is 7.60 Å². The lowest BCUT2D eigenvalue weighted by molar-refractivity contribution is -0.313. The molecule has 12 heteroatoms. The standard InChI is InChI=1S/C9H14N5O5PS/c10-9-12-7-6(8(15)13-9)11-5-14(7)1-3-21(19)4-2-20(16,17)18/h5H,1-4H2,(H2,16,17,18)(H3,10,12,13,15)/p-2. The minimum atomic E-state index is -4.64. The largest absolute Gasteiger partial charge is 0.811 e. The number of fused-ring (bicyclic) bond motifs is 1. The number of aromatic amines is 1. The van der Waals surface area contributed by atoms with Crippen molar-refractivity contribution in [2.45, 2.75) is 6.54 Å². The Kier molecular flexibility index (Phi) is 4.57. The molecule has 1 unspecified atom stereocenters. The van der Waals surface area contributed by atoms with E-state index in [1.807, 2.05) is 0 Å². The molecule has 0 aromatic carbocycles. The van der Waals surface area contributed by atoms with Crippen LogP contribution in [-0.4, -0.2) is 41.4 Å². The van der Waals surface area contributed by atoms with E-state index in [-0.39, 0.29) is 35.2 Å². The van der Waals surface area contributed by atoms with Gasteiger partial charge in [0.05, 0.1) is 6.33 Å². The number of nitrogen functional groups attached to an aromatic ring is 1. The van der Waals surface area contributed by atoms with Crippen LogP contribution in [0.4, 0.5) is 5.95 Å². The highest BCUT2D eigenvalue weighted by Crippen LogP contribution is 2.21. The van der Waals surface area contributed by atoms with E-state index in [9.17, 15) is 23.4 Å². The van der Waals surface area contributed by atoms with Gasteiger partial charge in [-0.25, -0.2) is 4.98 Å². The van der Waals surface area contributed by atoms with Crippen molar-refractivity contribution in [3.05, 3.63) is 16.7 Å². The van der Waals surface area contributed by atoms with Crippen molar-refractivity contribution in [2.24, 2.45) is 0 Å². The predicted octanol–water partition coefficient (Wildman–Crippen LogP) is -2.64. The normalized spacial score (nSPS) is 13.6. The van der Waals surface area contributed by atoms with E-state index in [4.69, 9.17) is 5.73 Å². The molecular weight excluding hydrogens is 321 g/mol. The van der Waals surface area contributed by atoms with Gasteiger partial charge in [0.2, 0.25) is 5.95 Å².